The van der Waals surface area contributed by atoms with Crippen molar-refractivity contribution < 1.29 is 24.8 Å². The van der Waals surface area contributed by atoms with Crippen LogP contribution in [0.5, 0.6) is 0 Å². The van der Waals surface area contributed by atoms with Crippen LogP contribution in [0.25, 0.3) is 39.5 Å². The van der Waals surface area contributed by atoms with Gasteiger partial charge in [-0.2, -0.15) is 48.1 Å². The first kappa shape index (κ1) is 93.5. The Morgan fingerprint density at radius 1 is 0.424 bits per heavy atom. The van der Waals surface area contributed by atoms with Crippen molar-refractivity contribution in [3.05, 3.63) is 268 Å². The molecular weight excluding hydrogens is 2010 g/mol. The Labute approximate surface area is 801 Å². The number of fused-ring (bicyclic) bond motifs is 5. The highest BCUT2D eigenvalue weighted by Gasteiger charge is 2.35. The third kappa shape index (κ3) is 23.3. The minimum absolute atomic E-state index is 0.110. The summed E-state index contributed by atoms with van der Waals surface area (Å²) in [6.07, 6.45) is 40.8. The molecule has 686 valence electrons. The van der Waals surface area contributed by atoms with Crippen LogP contribution in [0.1, 0.15) is 124 Å². The van der Waals surface area contributed by atoms with Gasteiger partial charge in [-0.3, -0.25) is 24.7 Å². The van der Waals surface area contributed by atoms with Gasteiger partial charge in [-0.1, -0.05) is 68.1 Å². The van der Waals surface area contributed by atoms with Crippen molar-refractivity contribution in [2.24, 2.45) is 5.92 Å². The van der Waals surface area contributed by atoms with Crippen molar-refractivity contribution in [2.45, 2.75) is 153 Å². The van der Waals surface area contributed by atoms with Crippen molar-refractivity contribution in [3.63, 3.8) is 0 Å². The van der Waals surface area contributed by atoms with Gasteiger partial charge in [-0.05, 0) is 214 Å². The van der Waals surface area contributed by atoms with E-state index in [1.54, 1.807) is 110 Å². The average molecular weight is 2110 g/mol. The zero-order valence-electron chi connectivity index (χ0n) is 72.1. The number of anilines is 9. The molecule has 2 saturated carbocycles. The summed E-state index contributed by atoms with van der Waals surface area (Å²) < 4.78 is 27.1. The summed E-state index contributed by atoms with van der Waals surface area (Å²) in [4.78, 5) is 58.5. The van der Waals surface area contributed by atoms with E-state index in [9.17, 15) is 29.6 Å². The van der Waals surface area contributed by atoms with E-state index in [-0.39, 0.29) is 61.3 Å². The molecule has 0 amide bonds. The maximum atomic E-state index is 14.2. The first-order valence-electron chi connectivity index (χ1n) is 44.0. The van der Waals surface area contributed by atoms with E-state index in [0.29, 0.717) is 66.0 Å². The number of hydrogen-bond acceptors (Lipinski definition) is 28. The fourth-order valence-electron chi connectivity index (χ4n) is 16.7. The van der Waals surface area contributed by atoms with Crippen molar-refractivity contribution in [3.8, 4) is 11.3 Å². The molecule has 4 atom stereocenters. The van der Waals surface area contributed by atoms with E-state index in [0.717, 1.165) is 205 Å². The summed E-state index contributed by atoms with van der Waals surface area (Å²) >= 11 is 17.6. The lowest BCUT2D eigenvalue weighted by molar-refractivity contribution is 0.178. The number of hydrogen-bond donors (Lipinski definition) is 12. The van der Waals surface area contributed by atoms with Crippen LogP contribution in [0.3, 0.4) is 0 Å². The van der Waals surface area contributed by atoms with Gasteiger partial charge in [0.25, 0.3) is 0 Å². The Kier molecular flexibility index (Phi) is 31.9. The summed E-state index contributed by atoms with van der Waals surface area (Å²) in [5.74, 6) is 7.35. The third-order valence-electron chi connectivity index (χ3n) is 23.6. The van der Waals surface area contributed by atoms with Crippen LogP contribution in [0.4, 0.5) is 56.8 Å². The van der Waals surface area contributed by atoms with Gasteiger partial charge in [-0.25, -0.2) is 29.3 Å². The number of rotatable bonds is 27. The number of nitrogens with zero attached hydrogens (tertiary/aromatic N) is 21. The molecule has 40 heteroatoms. The number of pyridine rings is 5. The topological polar surface area (TPSA) is 407 Å². The average Bonchev–Trinajstić information content (AvgIpc) is 1.60. The molecule has 20 rings (SSSR count). The monoisotopic (exact) mass is 2110 g/mol. The number of piperidine rings is 2. The normalized spacial score (nSPS) is 16.4. The predicted octanol–water partition coefficient (Wildman–Crippen LogP) is 16.4. The standard InChI is InChI=1S/2C19H23BrN6O.C18H13BrFN5O.2C18H21BrN6O/c20-16-13-23-26-17(22-12-14-4-3-7-21-11-14)10-18(24-19(16)26)25-8-2-1-5-15(25)6-9-27;20-15-11-23-26-18(22-10-13-4-3-7-21-9-13)8-17(25-19(15)26)24-16-6-2-1-5-14(16)12-27;19-13-10-23-25-16(21-8-11-5-6-17(26)22-9-11)7-15(24-18(13)25)12-3-1-2-4-14(12)20;19-15-11-22-25-16(21-10-13-4-3-6-20-9-13)8-17(23-18(15)25)24-7-2-1-5-14(24)12-26;19-14-11-22-25-16(21-10-13-4-3-7-20-9-13)8-15(23-17(14)25)24-18(12-26)5-1-2-6-18/h3-4,7,10-11,13,15,22,27H,1-2,5-6,8-9,12H2;3-4,7-9,11,14,16,22,27H,1-2,5-6,10,12H2,(H,24,25);1-7,9-10,21H,8H2,(H,22,26);3-4,6,8-9,11,14,21,26H,1-2,5,7,10,12H2;3-4,7-9,11,21,26H,1-2,5-6,10,12H2,(H,23,24)/t;14-,16-;;;/m.1.../s1. The SMILES string of the molecule is O=c1ccc(CNc2cc(-c3ccccc3F)nc3c(Br)cnn23)c[nH]1.OCC1(Nc2cc(NCc3cccnc3)n3ncc(Br)c3n2)CCCC1.OCC1CCCCN1c1cc(NCc2cccnc2)n2ncc(Br)c2n1.OCCC1CCCCN1c1cc(NCc2cccnc2)n2ncc(Br)c2n1.OC[C@H]1CCCC[C@H]1Nc1cc(NCc2cccnc2)n2ncc(Br)c2n1. The van der Waals surface area contributed by atoms with Crippen LogP contribution in [0.15, 0.2) is 229 Å². The quantitative estimate of drug-likeness (QED) is 0.0227. The number of aromatic nitrogens is 20. The number of aromatic amines is 1. The third-order valence-corrected chi connectivity index (χ3v) is 26.4. The van der Waals surface area contributed by atoms with Crippen molar-refractivity contribution in [1.29, 1.82) is 0 Å². The minimum atomic E-state index is -0.341. The molecule has 1 aromatic carbocycles. The molecule has 0 spiro atoms. The zero-order chi connectivity index (χ0) is 91.3. The van der Waals surface area contributed by atoms with Crippen LogP contribution in [0, 0.1) is 11.7 Å². The Bertz CT molecular complexity index is 6510. The van der Waals surface area contributed by atoms with Gasteiger partial charge in [0.1, 0.15) is 58.2 Å². The minimum Gasteiger partial charge on any atom is -0.396 e. The van der Waals surface area contributed by atoms with Crippen LogP contribution < -0.4 is 52.6 Å². The van der Waals surface area contributed by atoms with Crippen LogP contribution >= 0.6 is 79.6 Å². The fourth-order valence-corrected chi connectivity index (χ4v) is 18.5. The highest BCUT2D eigenvalue weighted by Crippen LogP contribution is 2.38. The second-order valence-corrected chi connectivity index (χ2v) is 36.9. The summed E-state index contributed by atoms with van der Waals surface area (Å²) in [5.41, 5.74) is 9.36. The lowest BCUT2D eigenvalue weighted by atomic mass is 9.85. The number of halogens is 6. The smallest absolute Gasteiger partial charge is 0.247 e. The molecule has 4 aliphatic rings. The lowest BCUT2D eigenvalue weighted by Gasteiger charge is -2.36. The molecule has 2 unspecified atom stereocenters. The Hall–Kier alpha value is -11.8. The summed E-state index contributed by atoms with van der Waals surface area (Å²) in [7, 11) is 0. The second-order valence-electron chi connectivity index (χ2n) is 32.6. The van der Waals surface area contributed by atoms with E-state index >= 15 is 0 Å². The van der Waals surface area contributed by atoms with E-state index in [2.05, 4.69) is 193 Å². The molecule has 2 aliphatic carbocycles. The van der Waals surface area contributed by atoms with Gasteiger partial charge in [0.05, 0.1) is 83.8 Å². The van der Waals surface area contributed by atoms with Crippen LogP contribution in [-0.2, 0) is 32.7 Å². The van der Waals surface area contributed by atoms with Gasteiger partial charge in [0.15, 0.2) is 28.2 Å². The largest absolute Gasteiger partial charge is 0.396 e. The fraction of sp³-hybridized carbons (Fsp3) is 0.337. The Morgan fingerprint density at radius 3 is 1.30 bits per heavy atom. The molecule has 12 N–H and O–H groups in total. The number of aliphatic hydroxyl groups excluding tert-OH is 4. The number of nitrogens with one attached hydrogen (secondary N) is 8. The van der Waals surface area contributed by atoms with Crippen LogP contribution in [-0.4, -0.2) is 182 Å². The van der Waals surface area contributed by atoms with E-state index in [1.807, 2.05) is 96.0 Å². The maximum Gasteiger partial charge on any atom is 0.247 e. The van der Waals surface area contributed by atoms with Crippen molar-refractivity contribution in [1.82, 2.24) is 97.9 Å². The number of benzene rings is 1. The summed E-state index contributed by atoms with van der Waals surface area (Å²) in [6, 6.07) is 35.9. The zero-order valence-corrected chi connectivity index (χ0v) is 80.0. The Balaban J connectivity index is 0.000000120. The van der Waals surface area contributed by atoms with E-state index in [4.69, 9.17) is 15.0 Å². The summed E-state index contributed by atoms with van der Waals surface area (Å²) in [6.45, 7) is 5.57. The molecule has 17 heterocycles. The molecule has 34 nitrogen and oxygen atoms in total. The molecule has 2 saturated heterocycles. The van der Waals surface area contributed by atoms with Gasteiger partial charge in [0, 0.05) is 175 Å². The molecule has 4 fully saturated rings. The summed E-state index contributed by atoms with van der Waals surface area (Å²) in [5, 5.41) is 84.8. The van der Waals surface area contributed by atoms with Crippen molar-refractivity contribution in [2.75, 3.05) is 86.5 Å². The van der Waals surface area contributed by atoms with Gasteiger partial charge >= 0.3 is 0 Å². The highest BCUT2D eigenvalue weighted by atomic mass is 79.9. The molecule has 15 aromatic heterocycles. The molecule has 0 radical (unpaired) electrons. The highest BCUT2D eigenvalue weighted by molar-refractivity contribution is 9.11. The van der Waals surface area contributed by atoms with Gasteiger partial charge in [-0.15, -0.1) is 0 Å². The second kappa shape index (κ2) is 45.1. The first-order valence-corrected chi connectivity index (χ1v) is 47.9. The Morgan fingerprint density at radius 2 is 0.848 bits per heavy atom. The molecule has 16 aromatic rings. The first-order chi connectivity index (χ1) is 64.6. The van der Waals surface area contributed by atoms with Gasteiger partial charge in [0.2, 0.25) is 5.56 Å². The van der Waals surface area contributed by atoms with E-state index < -0.39 is 0 Å². The molecular formula is C92H101Br5FN29O5. The molecule has 0 bridgehead atoms. The molecule has 2 aliphatic heterocycles. The van der Waals surface area contributed by atoms with E-state index in [1.165, 1.54) is 31.4 Å². The lowest BCUT2D eigenvalue weighted by Crippen LogP contribution is -2.42. The molecule has 132 heavy (non-hydrogen) atoms. The number of H-pyrrole nitrogens is 1. The van der Waals surface area contributed by atoms with Crippen molar-refractivity contribution >= 4 is 160 Å². The van der Waals surface area contributed by atoms with Gasteiger partial charge < -0.3 is 72.4 Å². The maximum absolute atomic E-state index is 14.2. The predicted molar refractivity (Wildman–Crippen MR) is 527 cm³/mol. The van der Waals surface area contributed by atoms with Crippen LogP contribution in [0.2, 0.25) is 0 Å². The number of aliphatic hydroxyl groups is 4.